The Morgan fingerprint density at radius 2 is 0.694 bits per heavy atom. The lowest BCUT2D eigenvalue weighted by atomic mass is 9.71. The summed E-state index contributed by atoms with van der Waals surface area (Å²) in [6.07, 6.45) is -20.9. The monoisotopic (exact) mass is 1490 g/mol. The van der Waals surface area contributed by atoms with Crippen LogP contribution in [0.5, 0.6) is 144 Å². The number of benzene rings is 9. The molecule has 7 aliphatic rings. The van der Waals surface area contributed by atoms with Gasteiger partial charge >= 0.3 is 29.8 Å². The third-order valence-electron chi connectivity index (χ3n) is 19.7. The molecule has 9 aromatic rings. The molecule has 0 fully saturated rings. The van der Waals surface area contributed by atoms with Crippen molar-refractivity contribution in [2.24, 2.45) is 0 Å². The molecule has 0 aliphatic carbocycles. The van der Waals surface area contributed by atoms with Crippen molar-refractivity contribution < 1.29 is 185 Å². The van der Waals surface area contributed by atoms with Crippen LogP contribution < -0.4 is 9.47 Å². The summed E-state index contributed by atoms with van der Waals surface area (Å²) < 4.78 is 43.1. The van der Waals surface area contributed by atoms with Crippen molar-refractivity contribution in [1.82, 2.24) is 0 Å². The molecule has 0 radical (unpaired) electrons. The molecule has 0 spiro atoms. The third-order valence-corrected chi connectivity index (χ3v) is 19.7. The molecule has 0 saturated carbocycles. The minimum atomic E-state index is -3.22. The number of phenolic OH excluding ortho intramolecular Hbond substituents is 23. The number of cyclic esters (lactones) is 1. The van der Waals surface area contributed by atoms with Crippen LogP contribution in [0.25, 0.3) is 33.4 Å². The number of carbonyl (C=O) groups is 5. The van der Waals surface area contributed by atoms with Crippen molar-refractivity contribution in [3.63, 3.8) is 0 Å². The van der Waals surface area contributed by atoms with Crippen LogP contribution in [0.4, 0.5) is 0 Å². The molecular formula is C71H50O37. The highest BCUT2D eigenvalue weighted by atomic mass is 16.6. The molecule has 10 unspecified atom stereocenters. The first-order chi connectivity index (χ1) is 51.0. The van der Waals surface area contributed by atoms with E-state index in [1.165, 1.54) is 6.07 Å². The van der Waals surface area contributed by atoms with E-state index in [0.29, 0.717) is 18.2 Å². The first-order valence-corrected chi connectivity index (χ1v) is 31.4. The zero-order valence-electron chi connectivity index (χ0n) is 53.6. The summed E-state index contributed by atoms with van der Waals surface area (Å²) in [5.41, 5.74) is -20.7. The molecular weight excluding hydrogens is 1440 g/mol. The van der Waals surface area contributed by atoms with Gasteiger partial charge in [0.1, 0.15) is 53.3 Å². The molecule has 37 nitrogen and oxygen atoms in total. The zero-order chi connectivity index (χ0) is 77.6. The van der Waals surface area contributed by atoms with Gasteiger partial charge in [0.2, 0.25) is 28.7 Å². The molecule has 0 aromatic heterocycles. The van der Waals surface area contributed by atoms with E-state index < -0.39 is 336 Å². The number of ether oxygens (including phenoxy) is 7. The van der Waals surface area contributed by atoms with E-state index in [-0.39, 0.29) is 23.3 Å². The van der Waals surface area contributed by atoms with Crippen LogP contribution >= 0.6 is 0 Å². The zero-order valence-corrected chi connectivity index (χ0v) is 53.6. The summed E-state index contributed by atoms with van der Waals surface area (Å²) in [4.78, 5) is 78.2. The Hall–Kier alpha value is -14.8. The Morgan fingerprint density at radius 3 is 1.23 bits per heavy atom. The molecule has 108 heavy (non-hydrogen) atoms. The van der Waals surface area contributed by atoms with E-state index in [0.717, 1.165) is 30.3 Å². The average molecular weight is 1500 g/mol. The number of aliphatic hydroxyl groups excluding tert-OH is 2. The van der Waals surface area contributed by atoms with Gasteiger partial charge in [0.25, 0.3) is 0 Å². The molecule has 6 bridgehead atoms. The Labute approximate surface area is 597 Å². The number of hydrogen-bond acceptors (Lipinski definition) is 37. The molecule has 25 N–H and O–H groups in total. The first-order valence-electron chi connectivity index (χ1n) is 31.4. The highest BCUT2D eigenvalue weighted by molar-refractivity contribution is 6.17. The summed E-state index contributed by atoms with van der Waals surface area (Å²) in [7, 11) is 0. The predicted octanol–water partition coefficient (Wildman–Crippen LogP) is 4.72. The summed E-state index contributed by atoms with van der Waals surface area (Å²) in [6.45, 7) is -1.75. The van der Waals surface area contributed by atoms with Crippen LogP contribution in [0, 0.1) is 0 Å². The third kappa shape index (κ3) is 9.74. The molecule has 10 atom stereocenters. The molecule has 16 rings (SSSR count). The van der Waals surface area contributed by atoms with Gasteiger partial charge in [0.05, 0.1) is 45.8 Å². The highest BCUT2D eigenvalue weighted by Gasteiger charge is 2.59. The maximum absolute atomic E-state index is 16.3. The van der Waals surface area contributed by atoms with Gasteiger partial charge in [-0.05, 0) is 53.6 Å². The Kier molecular flexibility index (Phi) is 15.3. The number of phenols is 23. The normalized spacial score (nSPS) is 21.7. The SMILES string of the molecule is O=C1OCC2OC(=O)c3cc(O)c(O)c(O)c3-c3c(O)c(O)c(O)c4c3C(=O)OC(C2OC(=O)c2cc(O)c(O)c(O)c2-c2c1cc(O)c(O)c2O)C1OC(=O)c2c-4c(O)c(O)c(O)c2C1c1c(O)cc(O)c2c1OC(c1ccc(O)c(O)c1)C(O)C2c1c(O)cc(O)c2c1OC(c1ccc(O)c(O)c1)C(O)C2. The van der Waals surface area contributed by atoms with Crippen LogP contribution in [-0.4, -0.2) is 201 Å². The van der Waals surface area contributed by atoms with E-state index in [4.69, 9.17) is 33.2 Å². The maximum Gasteiger partial charge on any atom is 0.340 e. The Morgan fingerprint density at radius 1 is 0.287 bits per heavy atom. The van der Waals surface area contributed by atoms with Crippen molar-refractivity contribution >= 4 is 29.8 Å². The Balaban J connectivity index is 1.08. The van der Waals surface area contributed by atoms with Crippen molar-refractivity contribution in [1.29, 1.82) is 0 Å². The lowest BCUT2D eigenvalue weighted by Crippen LogP contribution is -2.56. The van der Waals surface area contributed by atoms with Gasteiger partial charge in [-0.1, -0.05) is 12.1 Å². The number of aromatic hydroxyl groups is 23. The van der Waals surface area contributed by atoms with Gasteiger partial charge in [-0.3, -0.25) is 0 Å². The minimum absolute atomic E-state index is 0.0928. The van der Waals surface area contributed by atoms with Gasteiger partial charge in [0.15, 0.2) is 111 Å². The summed E-state index contributed by atoms with van der Waals surface area (Å²) >= 11 is 0. The second-order valence-corrected chi connectivity index (χ2v) is 25.6. The molecule has 7 aliphatic heterocycles. The number of aliphatic hydroxyl groups is 2. The summed E-state index contributed by atoms with van der Waals surface area (Å²) in [5, 5.41) is 292. The van der Waals surface area contributed by atoms with Gasteiger partial charge in [-0.15, -0.1) is 0 Å². The quantitative estimate of drug-likeness (QED) is 0.0643. The Bertz CT molecular complexity index is 5600. The van der Waals surface area contributed by atoms with E-state index in [2.05, 4.69) is 0 Å². The maximum atomic E-state index is 16.3. The van der Waals surface area contributed by atoms with Crippen LogP contribution in [0.15, 0.2) is 66.7 Å². The first kappa shape index (κ1) is 69.0. The van der Waals surface area contributed by atoms with Gasteiger partial charge in [-0.25, -0.2) is 24.0 Å². The molecule has 556 valence electrons. The van der Waals surface area contributed by atoms with Gasteiger partial charge in [0, 0.05) is 79.8 Å². The molecule has 0 saturated heterocycles. The van der Waals surface area contributed by atoms with Crippen molar-refractivity contribution in [3.8, 4) is 177 Å². The number of hydrogen-bond donors (Lipinski definition) is 25. The smallest absolute Gasteiger partial charge is 0.340 e. The fourth-order valence-corrected chi connectivity index (χ4v) is 14.8. The van der Waals surface area contributed by atoms with Gasteiger partial charge in [-0.2, -0.15) is 0 Å². The summed E-state index contributed by atoms with van der Waals surface area (Å²) in [5.74, 6) is -50.0. The van der Waals surface area contributed by atoms with Crippen LogP contribution in [-0.2, 0) is 30.1 Å². The van der Waals surface area contributed by atoms with E-state index in [9.17, 15) is 132 Å². The van der Waals surface area contributed by atoms with E-state index >= 15 is 19.2 Å². The fraction of sp³-hybridized carbons (Fsp3) is 0.169. The molecule has 9 aromatic carbocycles. The predicted molar refractivity (Wildman–Crippen MR) is 346 cm³/mol. The average Bonchev–Trinajstić information content (AvgIpc) is 0.885. The lowest BCUT2D eigenvalue weighted by Gasteiger charge is -2.45. The summed E-state index contributed by atoms with van der Waals surface area (Å²) in [6, 6.07) is 7.72. The minimum Gasteiger partial charge on any atom is -0.507 e. The van der Waals surface area contributed by atoms with Crippen molar-refractivity contribution in [3.05, 3.63) is 133 Å². The van der Waals surface area contributed by atoms with Crippen molar-refractivity contribution in [2.45, 2.75) is 67.1 Å². The molecule has 0 amide bonds. The van der Waals surface area contributed by atoms with E-state index in [1.807, 2.05) is 0 Å². The largest absolute Gasteiger partial charge is 0.507 e. The van der Waals surface area contributed by atoms with Gasteiger partial charge < -0.3 is 161 Å². The van der Waals surface area contributed by atoms with Crippen LogP contribution in [0.3, 0.4) is 0 Å². The number of esters is 5. The van der Waals surface area contributed by atoms with Crippen LogP contribution in [0.1, 0.15) is 115 Å². The second-order valence-electron chi connectivity index (χ2n) is 25.6. The standard InChI is InChI=1S/C71H50O37/c72-20-3-1-14(5-23(20)75)60-31(83)7-16-22(74)11-25(77)36(62(16)104-60)40-37-26(78)12-27(79)38(64(37)105-61(57(40)94)15-2-4-21(73)24(76)6-15)44-43-46-42(55(92)59(96)56(43)93)41-45-39(53(90)58(95)54(41)91)35-19(10-30(82)49(86)52(35)89)68(98)103-32-13-102-67(97)17-8-28(80)47(84)50(87)33(17)34-18(9-29(81)48(85)51(34)88)69(99)106-63(32)66(108-71(45)101)65(44)107-70(46)100/h1-6,8-12,31-32,40,44,57,60-61,63,65-66,72-96H,7,13H2. The number of fused-ring (bicyclic) bond motifs is 9. The molecule has 7 heterocycles. The number of carbonyl (C=O) groups excluding carboxylic acids is 5. The second kappa shape index (κ2) is 23.9. The lowest BCUT2D eigenvalue weighted by molar-refractivity contribution is -0.135. The number of rotatable bonds is 4. The van der Waals surface area contributed by atoms with E-state index in [1.54, 1.807) is 0 Å². The highest BCUT2D eigenvalue weighted by Crippen LogP contribution is 2.67. The topological polar surface area (TPSA) is 656 Å². The molecule has 37 heteroatoms. The van der Waals surface area contributed by atoms with Crippen molar-refractivity contribution in [2.75, 3.05) is 6.61 Å². The fourth-order valence-electron chi connectivity index (χ4n) is 14.8. The van der Waals surface area contributed by atoms with Crippen LogP contribution in [0.2, 0.25) is 0 Å².